The third-order valence-electron chi connectivity index (χ3n) is 2.88. The van der Waals surface area contributed by atoms with Crippen LogP contribution in [-0.4, -0.2) is 19.0 Å². The zero-order valence-electron chi connectivity index (χ0n) is 11.5. The molecule has 0 spiro atoms. The average Bonchev–Trinajstić information content (AvgIpc) is 2.51. The summed E-state index contributed by atoms with van der Waals surface area (Å²) < 4.78 is 0. The molecule has 6 heteroatoms. The van der Waals surface area contributed by atoms with E-state index in [1.165, 1.54) is 0 Å². The highest BCUT2D eigenvalue weighted by molar-refractivity contribution is 5.96. The summed E-state index contributed by atoms with van der Waals surface area (Å²) in [6, 6.07) is 14.2. The summed E-state index contributed by atoms with van der Waals surface area (Å²) in [6.45, 7) is 1.05. The van der Waals surface area contributed by atoms with E-state index in [1.54, 1.807) is 24.3 Å². The maximum atomic E-state index is 12.0. The molecule has 0 heterocycles. The molecular formula is C15H18N4O2. The van der Waals surface area contributed by atoms with Crippen LogP contribution < -0.4 is 27.1 Å². The molecule has 2 aromatic carbocycles. The van der Waals surface area contributed by atoms with Gasteiger partial charge >= 0.3 is 0 Å². The Morgan fingerprint density at radius 1 is 1.10 bits per heavy atom. The molecule has 1 amide bonds. The topological polar surface area (TPSA) is 102 Å². The fraction of sp³-hybridized carbons (Fsp3) is 0.133. The second-order valence-electron chi connectivity index (χ2n) is 4.42. The largest absolute Gasteiger partial charge is 0.411 e. The first kappa shape index (κ1) is 14.7. The van der Waals surface area contributed by atoms with Crippen molar-refractivity contribution in [1.29, 1.82) is 0 Å². The maximum absolute atomic E-state index is 12.0. The zero-order chi connectivity index (χ0) is 15.1. The van der Waals surface area contributed by atoms with Gasteiger partial charge < -0.3 is 21.2 Å². The minimum absolute atomic E-state index is 0.231. The summed E-state index contributed by atoms with van der Waals surface area (Å²) >= 11 is 0. The zero-order valence-corrected chi connectivity index (χ0v) is 11.5. The Morgan fingerprint density at radius 2 is 1.90 bits per heavy atom. The molecule has 6 nitrogen and oxygen atoms in total. The molecule has 0 aromatic heterocycles. The molecule has 2 rings (SSSR count). The lowest BCUT2D eigenvalue weighted by molar-refractivity contribution is 0.0951. The van der Waals surface area contributed by atoms with Gasteiger partial charge in [0, 0.05) is 24.5 Å². The van der Waals surface area contributed by atoms with Crippen molar-refractivity contribution >= 4 is 17.3 Å². The molecule has 0 aliphatic heterocycles. The number of nitrogens with two attached hydrogens (primary N) is 2. The molecule has 6 N–H and O–H groups in total. The number of anilines is 2. The minimum Gasteiger partial charge on any atom is -0.411 e. The number of benzene rings is 2. The summed E-state index contributed by atoms with van der Waals surface area (Å²) in [7, 11) is 0. The minimum atomic E-state index is -0.231. The summed E-state index contributed by atoms with van der Waals surface area (Å²) in [5.41, 5.74) is 7.69. The normalized spacial score (nSPS) is 9.95. The number of amides is 1. The van der Waals surface area contributed by atoms with E-state index in [-0.39, 0.29) is 5.91 Å². The number of rotatable bonds is 6. The van der Waals surface area contributed by atoms with Gasteiger partial charge in [-0.25, -0.2) is 0 Å². The number of nitrogen functional groups attached to an aromatic ring is 1. The molecular weight excluding hydrogens is 268 g/mol. The summed E-state index contributed by atoms with van der Waals surface area (Å²) in [5, 5.41) is 5.96. The first-order valence-corrected chi connectivity index (χ1v) is 6.54. The number of hydrogen-bond acceptors (Lipinski definition) is 5. The summed E-state index contributed by atoms with van der Waals surface area (Å²) in [4.78, 5) is 16.7. The van der Waals surface area contributed by atoms with Crippen LogP contribution in [0.25, 0.3) is 0 Å². The van der Waals surface area contributed by atoms with Gasteiger partial charge in [0.25, 0.3) is 5.91 Å². The van der Waals surface area contributed by atoms with Crippen LogP contribution >= 0.6 is 0 Å². The van der Waals surface area contributed by atoms with E-state index in [0.717, 1.165) is 5.69 Å². The van der Waals surface area contributed by atoms with Crippen LogP contribution in [0, 0.1) is 0 Å². The Balaban J connectivity index is 1.82. The van der Waals surface area contributed by atoms with Crippen LogP contribution in [0.3, 0.4) is 0 Å². The predicted octanol–water partition coefficient (Wildman–Crippen LogP) is 1.36. The molecule has 0 bridgehead atoms. The molecule has 2 aromatic rings. The number of nitrogens with one attached hydrogen (secondary N) is 2. The smallest absolute Gasteiger partial charge is 0.255 e. The standard InChI is InChI=1S/C15H18N4O2/c16-11-4-3-5-12(10-11)18-8-9-19-15(20)13-6-1-2-7-14(13)21-17/h1-7,10,18H,8-9,16-17H2,(H,19,20). The molecule has 0 radical (unpaired) electrons. The molecule has 110 valence electrons. The molecule has 0 fully saturated rings. The molecule has 0 saturated heterocycles. The number of carbonyl (C=O) groups excluding carboxylic acids is 1. The Morgan fingerprint density at radius 3 is 2.67 bits per heavy atom. The Kier molecular flexibility index (Phi) is 5.00. The molecule has 0 aliphatic rings. The van der Waals surface area contributed by atoms with Crippen molar-refractivity contribution in [2.75, 3.05) is 24.1 Å². The van der Waals surface area contributed by atoms with Crippen molar-refractivity contribution < 1.29 is 9.63 Å². The first-order chi connectivity index (χ1) is 10.2. The Labute approximate surface area is 123 Å². The average molecular weight is 286 g/mol. The number of carbonyl (C=O) groups is 1. The van der Waals surface area contributed by atoms with Gasteiger partial charge in [0.15, 0.2) is 5.75 Å². The number of hydrogen-bond donors (Lipinski definition) is 4. The van der Waals surface area contributed by atoms with Crippen LogP contribution in [-0.2, 0) is 0 Å². The van der Waals surface area contributed by atoms with Crippen molar-refractivity contribution in [3.8, 4) is 5.75 Å². The van der Waals surface area contributed by atoms with Crippen LogP contribution in [0.2, 0.25) is 0 Å². The van der Waals surface area contributed by atoms with Crippen LogP contribution in [0.5, 0.6) is 5.75 Å². The van der Waals surface area contributed by atoms with Crippen molar-refractivity contribution in [1.82, 2.24) is 5.32 Å². The van der Waals surface area contributed by atoms with E-state index in [1.807, 2.05) is 24.3 Å². The highest BCUT2D eigenvalue weighted by atomic mass is 16.6. The quantitative estimate of drug-likeness (QED) is 0.365. The molecule has 0 aliphatic carbocycles. The van der Waals surface area contributed by atoms with Gasteiger partial charge in [-0.15, -0.1) is 0 Å². The van der Waals surface area contributed by atoms with Crippen molar-refractivity contribution in [3.63, 3.8) is 0 Å². The fourth-order valence-electron chi connectivity index (χ4n) is 1.88. The highest BCUT2D eigenvalue weighted by Crippen LogP contribution is 2.16. The van der Waals surface area contributed by atoms with Crippen LogP contribution in [0.15, 0.2) is 48.5 Å². The van der Waals surface area contributed by atoms with E-state index in [0.29, 0.717) is 30.1 Å². The Bertz CT molecular complexity index is 616. The Hall–Kier alpha value is -2.73. The van der Waals surface area contributed by atoms with E-state index < -0.39 is 0 Å². The first-order valence-electron chi connectivity index (χ1n) is 6.54. The third kappa shape index (κ3) is 4.12. The highest BCUT2D eigenvalue weighted by Gasteiger charge is 2.10. The van der Waals surface area contributed by atoms with E-state index >= 15 is 0 Å². The van der Waals surface area contributed by atoms with Gasteiger partial charge in [0.2, 0.25) is 0 Å². The van der Waals surface area contributed by atoms with Crippen LogP contribution in [0.1, 0.15) is 10.4 Å². The molecule has 0 saturated carbocycles. The van der Waals surface area contributed by atoms with Gasteiger partial charge in [-0.1, -0.05) is 18.2 Å². The molecule has 0 unspecified atom stereocenters. The second-order valence-corrected chi connectivity index (χ2v) is 4.42. The molecule has 0 atom stereocenters. The fourth-order valence-corrected chi connectivity index (χ4v) is 1.88. The van der Waals surface area contributed by atoms with Gasteiger partial charge in [0.1, 0.15) is 0 Å². The van der Waals surface area contributed by atoms with Gasteiger partial charge in [-0.2, -0.15) is 5.90 Å². The van der Waals surface area contributed by atoms with E-state index in [2.05, 4.69) is 15.5 Å². The predicted molar refractivity (Wildman–Crippen MR) is 82.9 cm³/mol. The van der Waals surface area contributed by atoms with E-state index in [9.17, 15) is 4.79 Å². The lowest BCUT2D eigenvalue weighted by Gasteiger charge is -2.10. The van der Waals surface area contributed by atoms with E-state index in [4.69, 9.17) is 11.6 Å². The third-order valence-corrected chi connectivity index (χ3v) is 2.88. The summed E-state index contributed by atoms with van der Waals surface area (Å²) in [5.74, 6) is 5.24. The molecule has 21 heavy (non-hydrogen) atoms. The van der Waals surface area contributed by atoms with Crippen molar-refractivity contribution in [3.05, 3.63) is 54.1 Å². The SMILES string of the molecule is NOc1ccccc1C(=O)NCCNc1cccc(N)c1. The lowest BCUT2D eigenvalue weighted by Crippen LogP contribution is -2.29. The van der Waals surface area contributed by atoms with Gasteiger partial charge in [-0.05, 0) is 30.3 Å². The lowest BCUT2D eigenvalue weighted by atomic mass is 10.2. The van der Waals surface area contributed by atoms with Gasteiger partial charge in [0.05, 0.1) is 5.56 Å². The van der Waals surface area contributed by atoms with Crippen molar-refractivity contribution in [2.24, 2.45) is 5.90 Å². The second kappa shape index (κ2) is 7.16. The summed E-state index contributed by atoms with van der Waals surface area (Å²) in [6.07, 6.45) is 0. The maximum Gasteiger partial charge on any atom is 0.255 e. The van der Waals surface area contributed by atoms with Crippen LogP contribution in [0.4, 0.5) is 11.4 Å². The van der Waals surface area contributed by atoms with Crippen molar-refractivity contribution in [2.45, 2.75) is 0 Å². The number of para-hydroxylation sites is 1. The monoisotopic (exact) mass is 286 g/mol. The van der Waals surface area contributed by atoms with Gasteiger partial charge in [-0.3, -0.25) is 4.79 Å².